The van der Waals surface area contributed by atoms with E-state index in [-0.39, 0.29) is 16.3 Å². The lowest BCUT2D eigenvalue weighted by Crippen LogP contribution is -2.38. The zero-order chi connectivity index (χ0) is 22.6. The minimum atomic E-state index is -4.18. The fraction of sp³-hybridized carbons (Fsp3) is 0.174. The molecule has 0 saturated heterocycles. The van der Waals surface area contributed by atoms with Crippen LogP contribution in [0.4, 0.5) is 15.8 Å². The van der Waals surface area contributed by atoms with Gasteiger partial charge >= 0.3 is 0 Å². The highest BCUT2D eigenvalue weighted by Crippen LogP contribution is 2.32. The summed E-state index contributed by atoms with van der Waals surface area (Å²) in [6, 6.07) is 16.5. The number of amides is 1. The maximum absolute atomic E-state index is 13.4. The number of halogens is 1. The van der Waals surface area contributed by atoms with Crippen LogP contribution in [0.1, 0.15) is 11.1 Å². The van der Waals surface area contributed by atoms with Gasteiger partial charge in [0.15, 0.2) is 0 Å². The number of benzene rings is 3. The normalized spacial score (nSPS) is 11.1. The molecule has 6 nitrogen and oxygen atoms in total. The SMILES string of the molecule is COc1ccccc1N(CC(=O)Nc1ccc(C)cc1C)S(=O)(=O)c1ccc(F)cc1. The van der Waals surface area contributed by atoms with E-state index in [9.17, 15) is 17.6 Å². The van der Waals surface area contributed by atoms with E-state index >= 15 is 0 Å². The van der Waals surface area contributed by atoms with E-state index in [4.69, 9.17) is 4.74 Å². The minimum Gasteiger partial charge on any atom is -0.495 e. The van der Waals surface area contributed by atoms with E-state index in [1.165, 1.54) is 7.11 Å². The van der Waals surface area contributed by atoms with E-state index in [2.05, 4.69) is 5.32 Å². The summed E-state index contributed by atoms with van der Waals surface area (Å²) in [7, 11) is -2.77. The lowest BCUT2D eigenvalue weighted by atomic mass is 10.1. The molecule has 31 heavy (non-hydrogen) atoms. The Morgan fingerprint density at radius 1 is 1.03 bits per heavy atom. The molecule has 0 fully saturated rings. The molecular formula is C23H23FN2O4S. The summed E-state index contributed by atoms with van der Waals surface area (Å²) in [4.78, 5) is 12.7. The number of ether oxygens (including phenoxy) is 1. The third kappa shape index (κ3) is 5.03. The molecule has 0 aromatic heterocycles. The number of hydrogen-bond acceptors (Lipinski definition) is 4. The van der Waals surface area contributed by atoms with Crippen LogP contribution in [0.3, 0.4) is 0 Å². The van der Waals surface area contributed by atoms with Crippen LogP contribution < -0.4 is 14.4 Å². The van der Waals surface area contributed by atoms with Gasteiger partial charge in [0.25, 0.3) is 10.0 Å². The molecule has 0 saturated carbocycles. The standard InChI is InChI=1S/C23H23FN2O4S/c1-16-8-13-20(17(2)14-16)25-23(27)15-26(21-6-4-5-7-22(21)30-3)31(28,29)19-11-9-18(24)10-12-19/h4-14H,15H2,1-3H3,(H,25,27). The van der Waals surface area contributed by atoms with Crippen molar-refractivity contribution in [3.63, 3.8) is 0 Å². The summed E-state index contributed by atoms with van der Waals surface area (Å²) >= 11 is 0. The quantitative estimate of drug-likeness (QED) is 0.592. The first-order valence-electron chi connectivity index (χ1n) is 9.51. The molecule has 0 spiro atoms. The Hall–Kier alpha value is -3.39. The molecule has 3 aromatic rings. The number of nitrogens with zero attached hydrogens (tertiary/aromatic N) is 1. The average Bonchev–Trinajstić information content (AvgIpc) is 2.74. The number of nitrogens with one attached hydrogen (secondary N) is 1. The number of anilines is 2. The molecule has 1 amide bonds. The van der Waals surface area contributed by atoms with Gasteiger partial charge in [0, 0.05) is 5.69 Å². The molecule has 162 valence electrons. The van der Waals surface area contributed by atoms with Crippen LogP contribution in [-0.2, 0) is 14.8 Å². The number of hydrogen-bond donors (Lipinski definition) is 1. The number of carbonyl (C=O) groups excluding carboxylic acids is 1. The van der Waals surface area contributed by atoms with Crippen molar-refractivity contribution in [2.45, 2.75) is 18.7 Å². The lowest BCUT2D eigenvalue weighted by Gasteiger charge is -2.25. The van der Waals surface area contributed by atoms with Crippen molar-refractivity contribution in [2.75, 3.05) is 23.3 Å². The van der Waals surface area contributed by atoms with Gasteiger partial charge in [-0.2, -0.15) is 0 Å². The van der Waals surface area contributed by atoms with Gasteiger partial charge in [-0.15, -0.1) is 0 Å². The molecule has 0 aliphatic carbocycles. The van der Waals surface area contributed by atoms with Gasteiger partial charge in [-0.1, -0.05) is 29.8 Å². The molecule has 3 rings (SSSR count). The Morgan fingerprint density at radius 2 is 1.71 bits per heavy atom. The van der Waals surface area contributed by atoms with Crippen LogP contribution in [0, 0.1) is 19.7 Å². The number of rotatable bonds is 7. The highest BCUT2D eigenvalue weighted by molar-refractivity contribution is 7.92. The monoisotopic (exact) mass is 442 g/mol. The molecule has 0 atom stereocenters. The Morgan fingerprint density at radius 3 is 2.35 bits per heavy atom. The summed E-state index contributed by atoms with van der Waals surface area (Å²) in [5.74, 6) is -0.800. The first-order valence-corrected chi connectivity index (χ1v) is 10.9. The van der Waals surface area contributed by atoms with Gasteiger partial charge in [-0.3, -0.25) is 9.10 Å². The zero-order valence-corrected chi connectivity index (χ0v) is 18.2. The molecule has 0 aliphatic heterocycles. The van der Waals surface area contributed by atoms with Crippen molar-refractivity contribution in [1.82, 2.24) is 0 Å². The van der Waals surface area contributed by atoms with Gasteiger partial charge in [0.05, 0.1) is 17.7 Å². The molecule has 0 radical (unpaired) electrons. The molecule has 0 heterocycles. The molecule has 0 aliphatic rings. The first-order chi connectivity index (χ1) is 14.7. The van der Waals surface area contributed by atoms with E-state index in [0.717, 1.165) is 39.7 Å². The second-order valence-corrected chi connectivity index (χ2v) is 8.87. The van der Waals surface area contributed by atoms with Gasteiger partial charge in [0.1, 0.15) is 18.1 Å². The lowest BCUT2D eigenvalue weighted by molar-refractivity contribution is -0.114. The fourth-order valence-corrected chi connectivity index (χ4v) is 4.57. The van der Waals surface area contributed by atoms with Crippen molar-refractivity contribution >= 4 is 27.3 Å². The molecule has 1 N–H and O–H groups in total. The van der Waals surface area contributed by atoms with Crippen molar-refractivity contribution in [1.29, 1.82) is 0 Å². The molecule has 3 aromatic carbocycles. The number of carbonyl (C=O) groups is 1. The number of methoxy groups -OCH3 is 1. The predicted molar refractivity (Wildman–Crippen MR) is 118 cm³/mol. The number of sulfonamides is 1. The van der Waals surface area contributed by atoms with Crippen molar-refractivity contribution < 1.29 is 22.3 Å². The Balaban J connectivity index is 1.99. The maximum atomic E-state index is 13.4. The van der Waals surface area contributed by atoms with Crippen molar-refractivity contribution in [3.8, 4) is 5.75 Å². The average molecular weight is 443 g/mol. The largest absolute Gasteiger partial charge is 0.495 e. The molecule has 0 unspecified atom stereocenters. The van der Waals surface area contributed by atoms with E-state index in [0.29, 0.717) is 5.69 Å². The van der Waals surface area contributed by atoms with Crippen LogP contribution in [0.15, 0.2) is 71.6 Å². The maximum Gasteiger partial charge on any atom is 0.264 e. The first kappa shape index (κ1) is 22.3. The smallest absolute Gasteiger partial charge is 0.264 e. The molecule has 0 bridgehead atoms. The van der Waals surface area contributed by atoms with E-state index in [1.807, 2.05) is 26.0 Å². The van der Waals surface area contributed by atoms with E-state index in [1.54, 1.807) is 30.3 Å². The number of aryl methyl sites for hydroxylation is 2. The van der Waals surface area contributed by atoms with Gasteiger partial charge in [0.2, 0.25) is 5.91 Å². The summed E-state index contributed by atoms with van der Waals surface area (Å²) in [5.41, 5.74) is 2.70. The zero-order valence-electron chi connectivity index (χ0n) is 17.4. The summed E-state index contributed by atoms with van der Waals surface area (Å²) in [6.07, 6.45) is 0. The molecule has 8 heteroatoms. The second kappa shape index (κ2) is 9.18. The highest BCUT2D eigenvalue weighted by Gasteiger charge is 2.29. The van der Waals surface area contributed by atoms with Crippen molar-refractivity contribution in [3.05, 3.63) is 83.7 Å². The third-order valence-corrected chi connectivity index (χ3v) is 6.47. The topological polar surface area (TPSA) is 75.7 Å². The highest BCUT2D eigenvalue weighted by atomic mass is 32.2. The fourth-order valence-electron chi connectivity index (χ4n) is 3.14. The molecular weight excluding hydrogens is 419 g/mol. The van der Waals surface area contributed by atoms with E-state index < -0.39 is 28.3 Å². The third-order valence-electron chi connectivity index (χ3n) is 4.70. The van der Waals surface area contributed by atoms with Gasteiger partial charge < -0.3 is 10.1 Å². The van der Waals surface area contributed by atoms with Gasteiger partial charge in [-0.05, 0) is 61.9 Å². The summed E-state index contributed by atoms with van der Waals surface area (Å²) in [5, 5.41) is 2.76. The number of para-hydroxylation sites is 2. The van der Waals surface area contributed by atoms with Crippen LogP contribution >= 0.6 is 0 Å². The van der Waals surface area contributed by atoms with Crippen LogP contribution in [-0.4, -0.2) is 28.0 Å². The predicted octanol–water partition coefficient (Wildman–Crippen LogP) is 4.29. The van der Waals surface area contributed by atoms with Crippen LogP contribution in [0.5, 0.6) is 5.75 Å². The Kier molecular flexibility index (Phi) is 6.60. The minimum absolute atomic E-state index is 0.140. The Bertz CT molecular complexity index is 1190. The summed E-state index contributed by atoms with van der Waals surface area (Å²) in [6.45, 7) is 3.31. The Labute approximate surface area is 181 Å². The van der Waals surface area contributed by atoms with Crippen LogP contribution in [0.25, 0.3) is 0 Å². The second-order valence-electron chi connectivity index (χ2n) is 7.00. The van der Waals surface area contributed by atoms with Crippen LogP contribution in [0.2, 0.25) is 0 Å². The van der Waals surface area contributed by atoms with Gasteiger partial charge in [-0.25, -0.2) is 12.8 Å². The summed E-state index contributed by atoms with van der Waals surface area (Å²) < 4.78 is 46.4. The van der Waals surface area contributed by atoms with Crippen molar-refractivity contribution in [2.24, 2.45) is 0 Å².